The van der Waals surface area contributed by atoms with Crippen LogP contribution in [0, 0.1) is 17.8 Å². The number of carbonyl (C=O) groups is 1. The van der Waals surface area contributed by atoms with Crippen molar-refractivity contribution in [2.45, 2.75) is 63.6 Å². The molecule has 4 bridgehead atoms. The van der Waals surface area contributed by atoms with Crippen LogP contribution >= 0.6 is 0 Å². The van der Waals surface area contributed by atoms with Gasteiger partial charge in [0.15, 0.2) is 5.82 Å². The lowest BCUT2D eigenvalue weighted by Crippen LogP contribution is -2.61. The van der Waals surface area contributed by atoms with E-state index in [0.717, 1.165) is 36.5 Å². The van der Waals surface area contributed by atoms with Gasteiger partial charge in [0.05, 0.1) is 6.54 Å². The molecular weight excluding hydrogens is 350 g/mol. The van der Waals surface area contributed by atoms with Crippen LogP contribution in [0.2, 0.25) is 0 Å². The SMILES string of the molecule is O=C(NCc1nncn1CCc1ccccc1)NC12CC3CC(CC(C3)C1)C2. The van der Waals surface area contributed by atoms with Gasteiger partial charge in [-0.05, 0) is 68.3 Å². The molecule has 0 spiro atoms. The maximum atomic E-state index is 12.6. The van der Waals surface area contributed by atoms with Crippen LogP contribution < -0.4 is 10.6 Å². The highest BCUT2D eigenvalue weighted by Gasteiger charge is 2.51. The normalized spacial score (nSPS) is 30.4. The third-order valence-corrected chi connectivity index (χ3v) is 7.00. The molecule has 0 aliphatic heterocycles. The molecule has 1 heterocycles. The zero-order valence-corrected chi connectivity index (χ0v) is 16.3. The van der Waals surface area contributed by atoms with E-state index in [0.29, 0.717) is 6.54 Å². The van der Waals surface area contributed by atoms with Gasteiger partial charge in [-0.2, -0.15) is 0 Å². The highest BCUT2D eigenvalue weighted by Crippen LogP contribution is 2.55. The lowest BCUT2D eigenvalue weighted by atomic mass is 9.53. The van der Waals surface area contributed by atoms with E-state index in [1.165, 1.54) is 44.1 Å². The van der Waals surface area contributed by atoms with Crippen molar-refractivity contribution in [2.24, 2.45) is 17.8 Å². The van der Waals surface area contributed by atoms with Crippen molar-refractivity contribution in [1.29, 1.82) is 0 Å². The second kappa shape index (κ2) is 7.22. The third kappa shape index (κ3) is 3.64. The van der Waals surface area contributed by atoms with Gasteiger partial charge in [0.2, 0.25) is 0 Å². The Morgan fingerprint density at radius 1 is 1.07 bits per heavy atom. The Hall–Kier alpha value is -2.37. The van der Waals surface area contributed by atoms with Gasteiger partial charge in [-0.25, -0.2) is 4.79 Å². The molecule has 2 amide bonds. The van der Waals surface area contributed by atoms with Gasteiger partial charge < -0.3 is 15.2 Å². The number of urea groups is 1. The number of hydrogen-bond donors (Lipinski definition) is 2. The van der Waals surface area contributed by atoms with E-state index in [4.69, 9.17) is 0 Å². The molecule has 4 aliphatic carbocycles. The molecule has 2 N–H and O–H groups in total. The Morgan fingerprint density at radius 3 is 2.43 bits per heavy atom. The minimum atomic E-state index is -0.0560. The first-order valence-electron chi connectivity index (χ1n) is 10.6. The van der Waals surface area contributed by atoms with Gasteiger partial charge in [0, 0.05) is 12.1 Å². The molecule has 4 saturated carbocycles. The van der Waals surface area contributed by atoms with E-state index in [1.54, 1.807) is 6.33 Å². The van der Waals surface area contributed by atoms with Crippen molar-refractivity contribution in [3.8, 4) is 0 Å². The van der Waals surface area contributed by atoms with Crippen LogP contribution in [-0.2, 0) is 19.5 Å². The lowest BCUT2D eigenvalue weighted by molar-refractivity contribution is -0.0135. The van der Waals surface area contributed by atoms with Crippen LogP contribution in [0.5, 0.6) is 0 Å². The average Bonchev–Trinajstić information content (AvgIpc) is 3.11. The van der Waals surface area contributed by atoms with Crippen LogP contribution in [-0.4, -0.2) is 26.3 Å². The van der Waals surface area contributed by atoms with Gasteiger partial charge in [-0.1, -0.05) is 30.3 Å². The van der Waals surface area contributed by atoms with Crippen molar-refractivity contribution >= 4 is 6.03 Å². The van der Waals surface area contributed by atoms with E-state index in [-0.39, 0.29) is 11.6 Å². The van der Waals surface area contributed by atoms with Crippen LogP contribution in [0.25, 0.3) is 0 Å². The molecule has 148 valence electrons. The summed E-state index contributed by atoms with van der Waals surface area (Å²) in [6, 6.07) is 10.3. The molecule has 0 saturated heterocycles. The summed E-state index contributed by atoms with van der Waals surface area (Å²) in [5.74, 6) is 3.28. The molecule has 28 heavy (non-hydrogen) atoms. The Morgan fingerprint density at radius 2 is 1.75 bits per heavy atom. The molecule has 4 fully saturated rings. The molecule has 1 aromatic heterocycles. The van der Waals surface area contributed by atoms with Crippen molar-refractivity contribution < 1.29 is 4.79 Å². The Kier molecular flexibility index (Phi) is 4.57. The quantitative estimate of drug-likeness (QED) is 0.809. The number of carbonyl (C=O) groups excluding carboxylic acids is 1. The van der Waals surface area contributed by atoms with Gasteiger partial charge >= 0.3 is 6.03 Å². The Balaban J connectivity index is 1.15. The number of aryl methyl sites for hydroxylation is 2. The fourth-order valence-corrected chi connectivity index (χ4v) is 6.20. The summed E-state index contributed by atoms with van der Waals surface area (Å²) >= 11 is 0. The van der Waals surface area contributed by atoms with E-state index in [9.17, 15) is 4.79 Å². The predicted octanol–water partition coefficient (Wildman–Crippen LogP) is 3.29. The van der Waals surface area contributed by atoms with Gasteiger partial charge in [-0.15, -0.1) is 10.2 Å². The number of nitrogens with one attached hydrogen (secondary N) is 2. The monoisotopic (exact) mass is 379 g/mol. The molecule has 6 rings (SSSR count). The second-order valence-electron chi connectivity index (χ2n) is 9.18. The van der Waals surface area contributed by atoms with Gasteiger partial charge in [0.25, 0.3) is 0 Å². The number of nitrogens with zero attached hydrogens (tertiary/aromatic N) is 3. The summed E-state index contributed by atoms with van der Waals surface area (Å²) in [6.45, 7) is 1.22. The molecule has 0 radical (unpaired) electrons. The van der Waals surface area contributed by atoms with Crippen molar-refractivity contribution in [2.75, 3.05) is 0 Å². The van der Waals surface area contributed by atoms with Crippen molar-refractivity contribution in [3.63, 3.8) is 0 Å². The zero-order chi connectivity index (χ0) is 19.0. The van der Waals surface area contributed by atoms with Crippen molar-refractivity contribution in [1.82, 2.24) is 25.4 Å². The first-order chi connectivity index (χ1) is 13.7. The van der Waals surface area contributed by atoms with Gasteiger partial charge in [-0.3, -0.25) is 0 Å². The summed E-state index contributed by atoms with van der Waals surface area (Å²) in [5, 5.41) is 14.6. The molecular formula is C22H29N5O. The molecule has 1 aromatic carbocycles. The lowest BCUT2D eigenvalue weighted by Gasteiger charge is -2.56. The van der Waals surface area contributed by atoms with E-state index in [1.807, 2.05) is 10.6 Å². The summed E-state index contributed by atoms with van der Waals surface area (Å²) < 4.78 is 2.03. The second-order valence-corrected chi connectivity index (χ2v) is 9.18. The number of aromatic nitrogens is 3. The topological polar surface area (TPSA) is 71.8 Å². The molecule has 0 atom stereocenters. The van der Waals surface area contributed by atoms with Crippen molar-refractivity contribution in [3.05, 3.63) is 48.0 Å². The zero-order valence-electron chi connectivity index (χ0n) is 16.3. The first kappa shape index (κ1) is 17.7. The minimum Gasteiger partial charge on any atom is -0.333 e. The van der Waals surface area contributed by atoms with Gasteiger partial charge in [0.1, 0.15) is 6.33 Å². The summed E-state index contributed by atoms with van der Waals surface area (Å²) in [5.41, 5.74) is 1.33. The summed E-state index contributed by atoms with van der Waals surface area (Å²) in [4.78, 5) is 12.6. The molecule has 6 heteroatoms. The average molecular weight is 380 g/mol. The molecule has 0 unspecified atom stereocenters. The van der Waals surface area contributed by atoms with Crippen LogP contribution in [0.3, 0.4) is 0 Å². The maximum Gasteiger partial charge on any atom is 0.315 e. The smallest absolute Gasteiger partial charge is 0.315 e. The highest BCUT2D eigenvalue weighted by atomic mass is 16.2. The minimum absolute atomic E-state index is 0.0415. The van der Waals surface area contributed by atoms with Crippen LogP contribution in [0.15, 0.2) is 36.7 Å². The molecule has 2 aromatic rings. The molecule has 4 aliphatic rings. The number of rotatable bonds is 6. The molecule has 6 nitrogen and oxygen atoms in total. The standard InChI is InChI=1S/C22H29N5O/c28-21(25-22-11-17-8-18(12-22)10-19(9-17)13-22)23-14-20-26-24-15-27(20)7-6-16-4-2-1-3-5-16/h1-5,15,17-19H,6-14H2,(H2,23,25,28). The highest BCUT2D eigenvalue weighted by molar-refractivity contribution is 5.74. The van der Waals surface area contributed by atoms with E-state index >= 15 is 0 Å². The predicted molar refractivity (Wildman–Crippen MR) is 106 cm³/mol. The number of hydrogen-bond acceptors (Lipinski definition) is 3. The first-order valence-corrected chi connectivity index (χ1v) is 10.6. The largest absolute Gasteiger partial charge is 0.333 e. The summed E-state index contributed by atoms with van der Waals surface area (Å²) in [6.07, 6.45) is 10.3. The number of amides is 2. The fraction of sp³-hybridized carbons (Fsp3) is 0.591. The third-order valence-electron chi connectivity index (χ3n) is 7.00. The van der Waals surface area contributed by atoms with Crippen LogP contribution in [0.1, 0.15) is 49.9 Å². The fourth-order valence-electron chi connectivity index (χ4n) is 6.20. The van der Waals surface area contributed by atoms with Crippen LogP contribution in [0.4, 0.5) is 4.79 Å². The van der Waals surface area contributed by atoms with E-state index < -0.39 is 0 Å². The number of benzene rings is 1. The Labute approximate surface area is 166 Å². The van der Waals surface area contributed by atoms with E-state index in [2.05, 4.69) is 45.1 Å². The maximum absolute atomic E-state index is 12.6. The Bertz CT molecular complexity index is 795. The summed E-state index contributed by atoms with van der Waals surface area (Å²) in [7, 11) is 0.